The second-order valence-corrected chi connectivity index (χ2v) is 9.66. The molecule has 7 nitrogen and oxygen atoms in total. The molecule has 2 atom stereocenters. The first-order valence-electron chi connectivity index (χ1n) is 8.32. The number of aromatic nitrogens is 1. The first kappa shape index (κ1) is 18.6. The summed E-state index contributed by atoms with van der Waals surface area (Å²) in [6.45, 7) is 1.44. The average molecular weight is 385 g/mol. The van der Waals surface area contributed by atoms with Crippen LogP contribution in [0.2, 0.25) is 0 Å². The number of thioether (sulfide) groups is 1. The fourth-order valence-corrected chi connectivity index (χ4v) is 5.34. The number of nitrogens with zero attached hydrogens (tertiary/aromatic N) is 4. The largest absolute Gasteiger partial charge is 0.334 e. The number of carbonyl (C=O) groups excluding carboxylic acids is 1. The van der Waals surface area contributed by atoms with Crippen molar-refractivity contribution in [1.29, 1.82) is 0 Å². The fourth-order valence-electron chi connectivity index (χ4n) is 3.58. The van der Waals surface area contributed by atoms with Crippen LogP contribution in [0.3, 0.4) is 0 Å². The Labute approximate surface area is 153 Å². The zero-order valence-corrected chi connectivity index (χ0v) is 16.4. The Hall–Kier alpha value is -1.16. The molecule has 3 saturated heterocycles. The third kappa shape index (κ3) is 3.55. The third-order valence-corrected chi connectivity index (χ3v) is 7.51. The highest BCUT2D eigenvalue weighted by molar-refractivity contribution is 7.98. The van der Waals surface area contributed by atoms with Gasteiger partial charge in [-0.25, -0.2) is 4.98 Å². The minimum Gasteiger partial charge on any atom is -0.334 e. The molecule has 1 amide bonds. The van der Waals surface area contributed by atoms with Crippen LogP contribution >= 0.6 is 11.8 Å². The molecule has 9 heteroatoms. The molecule has 25 heavy (non-hydrogen) atoms. The highest BCUT2D eigenvalue weighted by Gasteiger charge is 2.41. The average Bonchev–Trinajstić information content (AvgIpc) is 2.93. The maximum atomic E-state index is 13.1. The maximum Gasteiger partial charge on any atom is 0.281 e. The molecule has 138 valence electrons. The number of amides is 1. The van der Waals surface area contributed by atoms with E-state index in [1.54, 1.807) is 32.4 Å². The highest BCUT2D eigenvalue weighted by Crippen LogP contribution is 2.31. The molecule has 0 spiro atoms. The van der Waals surface area contributed by atoms with Gasteiger partial charge >= 0.3 is 0 Å². The van der Waals surface area contributed by atoms with Gasteiger partial charge in [0, 0.05) is 46.0 Å². The van der Waals surface area contributed by atoms with Crippen molar-refractivity contribution in [1.82, 2.24) is 18.5 Å². The van der Waals surface area contributed by atoms with Crippen LogP contribution in [0.15, 0.2) is 23.4 Å². The van der Waals surface area contributed by atoms with E-state index in [9.17, 15) is 13.2 Å². The van der Waals surface area contributed by atoms with Crippen LogP contribution in [0.1, 0.15) is 23.2 Å². The van der Waals surface area contributed by atoms with Gasteiger partial charge in [0.1, 0.15) is 5.03 Å². The quantitative estimate of drug-likeness (QED) is 0.728. The second kappa shape index (κ2) is 7.22. The molecule has 4 rings (SSSR count). The van der Waals surface area contributed by atoms with Gasteiger partial charge < -0.3 is 4.90 Å². The highest BCUT2D eigenvalue weighted by atomic mass is 32.2. The summed E-state index contributed by atoms with van der Waals surface area (Å²) in [5, 5.41) is 0.713. The Morgan fingerprint density at radius 2 is 2.04 bits per heavy atom. The number of pyridine rings is 1. The zero-order valence-electron chi connectivity index (χ0n) is 14.8. The van der Waals surface area contributed by atoms with Crippen molar-refractivity contribution in [2.45, 2.75) is 23.9 Å². The van der Waals surface area contributed by atoms with Crippen LogP contribution in [-0.4, -0.2) is 78.8 Å². The zero-order chi connectivity index (χ0) is 18.2. The monoisotopic (exact) mass is 384 g/mol. The van der Waals surface area contributed by atoms with Crippen molar-refractivity contribution >= 4 is 27.9 Å². The van der Waals surface area contributed by atoms with Gasteiger partial charge in [-0.05, 0) is 37.1 Å². The van der Waals surface area contributed by atoms with Crippen LogP contribution < -0.4 is 0 Å². The molecule has 0 aliphatic carbocycles. The number of hydrogen-bond donors (Lipinski definition) is 0. The van der Waals surface area contributed by atoms with Gasteiger partial charge in [-0.3, -0.25) is 4.79 Å². The SMILES string of the molecule is CSc1ncccc1C(=O)N1C[C@H]2CC[C@@H]1CN(S(=O)(=O)N(C)C)C2. The van der Waals surface area contributed by atoms with Gasteiger partial charge in [0.15, 0.2) is 0 Å². The van der Waals surface area contributed by atoms with Crippen LogP contribution in [-0.2, 0) is 10.2 Å². The summed E-state index contributed by atoms with van der Waals surface area (Å²) in [6, 6.07) is 3.48. The molecule has 3 aliphatic heterocycles. The Morgan fingerprint density at radius 3 is 2.72 bits per heavy atom. The van der Waals surface area contributed by atoms with Crippen molar-refractivity contribution in [3.05, 3.63) is 23.9 Å². The number of piperidine rings is 1. The number of rotatable bonds is 4. The third-order valence-electron chi connectivity index (χ3n) is 4.92. The summed E-state index contributed by atoms with van der Waals surface area (Å²) in [5.74, 6) is 0.128. The molecule has 2 bridgehead atoms. The summed E-state index contributed by atoms with van der Waals surface area (Å²) in [5.41, 5.74) is 0.601. The molecule has 1 aromatic heterocycles. The van der Waals surface area contributed by atoms with Crippen molar-refractivity contribution < 1.29 is 13.2 Å². The summed E-state index contributed by atoms with van der Waals surface area (Å²) < 4.78 is 27.9. The molecule has 1 aromatic rings. The number of fused-ring (bicyclic) bond motifs is 4. The summed E-state index contributed by atoms with van der Waals surface area (Å²) in [7, 11) is -0.369. The summed E-state index contributed by atoms with van der Waals surface area (Å²) in [6.07, 6.45) is 5.38. The van der Waals surface area contributed by atoms with Gasteiger partial charge in [0.2, 0.25) is 0 Å². The molecule has 3 fully saturated rings. The number of carbonyl (C=O) groups is 1. The smallest absolute Gasteiger partial charge is 0.281 e. The molecular formula is C16H24N4O3S2. The van der Waals surface area contributed by atoms with E-state index in [1.165, 1.54) is 20.4 Å². The second-order valence-electron chi connectivity index (χ2n) is 6.72. The van der Waals surface area contributed by atoms with Crippen LogP contribution in [0.5, 0.6) is 0 Å². The van der Waals surface area contributed by atoms with Gasteiger partial charge in [0.05, 0.1) is 5.56 Å². The molecule has 3 aliphatic rings. The van der Waals surface area contributed by atoms with Crippen molar-refractivity contribution in [3.8, 4) is 0 Å². The normalized spacial score (nSPS) is 24.6. The topological polar surface area (TPSA) is 73.8 Å². The first-order chi connectivity index (χ1) is 11.8. The lowest BCUT2D eigenvalue weighted by atomic mass is 9.94. The molecule has 0 radical (unpaired) electrons. The summed E-state index contributed by atoms with van der Waals surface area (Å²) in [4.78, 5) is 19.2. The van der Waals surface area contributed by atoms with E-state index in [-0.39, 0.29) is 17.9 Å². The molecule has 4 heterocycles. The van der Waals surface area contributed by atoms with Gasteiger partial charge in [-0.2, -0.15) is 17.0 Å². The summed E-state index contributed by atoms with van der Waals surface area (Å²) >= 11 is 1.45. The van der Waals surface area contributed by atoms with Gasteiger partial charge in [-0.15, -0.1) is 11.8 Å². The predicted octanol–water partition coefficient (Wildman–Crippen LogP) is 1.15. The fraction of sp³-hybridized carbons (Fsp3) is 0.625. The van der Waals surface area contributed by atoms with Crippen molar-refractivity contribution in [3.63, 3.8) is 0 Å². The standard InChI is InChI=1S/C16H24N4O3S2/c1-18(2)25(22,23)19-9-12-6-7-13(11-19)20(10-12)16(21)14-5-4-8-17-15(14)24-3/h4-5,8,12-13H,6-7,9-11H2,1-3H3/t12-,13+/m0/s1. The lowest BCUT2D eigenvalue weighted by molar-refractivity contribution is 0.0584. The van der Waals surface area contributed by atoms with Crippen molar-refractivity contribution in [2.24, 2.45) is 5.92 Å². The van der Waals surface area contributed by atoms with E-state index in [1.807, 2.05) is 11.2 Å². The molecule has 0 unspecified atom stereocenters. The van der Waals surface area contributed by atoms with Crippen LogP contribution in [0, 0.1) is 5.92 Å². The molecule has 0 saturated carbocycles. The molecular weight excluding hydrogens is 360 g/mol. The number of hydrogen-bond acceptors (Lipinski definition) is 5. The van der Waals surface area contributed by atoms with E-state index in [4.69, 9.17) is 0 Å². The van der Waals surface area contributed by atoms with Crippen LogP contribution in [0.4, 0.5) is 0 Å². The van der Waals surface area contributed by atoms with Crippen molar-refractivity contribution in [2.75, 3.05) is 40.0 Å². The lowest BCUT2D eigenvalue weighted by Crippen LogP contribution is -2.48. The van der Waals surface area contributed by atoms with E-state index < -0.39 is 10.2 Å². The van der Waals surface area contributed by atoms with E-state index in [0.29, 0.717) is 30.2 Å². The van der Waals surface area contributed by atoms with E-state index in [0.717, 1.165) is 12.8 Å². The Kier molecular flexibility index (Phi) is 5.38. The molecule has 0 N–H and O–H groups in total. The Bertz CT molecular complexity index is 754. The molecule has 0 aromatic carbocycles. The minimum absolute atomic E-state index is 0.0451. The maximum absolute atomic E-state index is 13.1. The predicted molar refractivity (Wildman–Crippen MR) is 97.7 cm³/mol. The minimum atomic E-state index is -3.46. The Balaban J connectivity index is 1.87. The first-order valence-corrected chi connectivity index (χ1v) is 10.9. The van der Waals surface area contributed by atoms with Gasteiger partial charge in [-0.1, -0.05) is 0 Å². The van der Waals surface area contributed by atoms with E-state index >= 15 is 0 Å². The Morgan fingerprint density at radius 1 is 1.28 bits per heavy atom. The van der Waals surface area contributed by atoms with Gasteiger partial charge in [0.25, 0.3) is 16.1 Å². The van der Waals surface area contributed by atoms with Crippen LogP contribution in [0.25, 0.3) is 0 Å². The van der Waals surface area contributed by atoms with E-state index in [2.05, 4.69) is 4.98 Å². The lowest BCUT2D eigenvalue weighted by Gasteiger charge is -2.36.